The van der Waals surface area contributed by atoms with Gasteiger partial charge < -0.3 is 4.90 Å². The van der Waals surface area contributed by atoms with E-state index in [1.54, 1.807) is 7.05 Å². The number of carbonyl (C=O) groups excluding carboxylic acids is 1. The molecular weight excluding hydrogens is 248 g/mol. The zero-order chi connectivity index (χ0) is 13.4. The Kier molecular flexibility index (Phi) is 6.09. The third-order valence-corrected chi connectivity index (χ3v) is 3.66. The SMILES string of the molecule is CN(CCC#N)C(=O)CS(=O)Cc1ccccc1. The summed E-state index contributed by atoms with van der Waals surface area (Å²) < 4.78 is 11.8. The third-order valence-electron chi connectivity index (χ3n) is 2.44. The summed E-state index contributed by atoms with van der Waals surface area (Å²) in [6.07, 6.45) is 0.299. The second-order valence-corrected chi connectivity index (χ2v) is 5.39. The van der Waals surface area contributed by atoms with Crippen molar-refractivity contribution >= 4 is 16.7 Å². The summed E-state index contributed by atoms with van der Waals surface area (Å²) in [4.78, 5) is 13.1. The summed E-state index contributed by atoms with van der Waals surface area (Å²) >= 11 is 0. The average Bonchev–Trinajstić information content (AvgIpc) is 2.36. The summed E-state index contributed by atoms with van der Waals surface area (Å²) in [5, 5.41) is 8.43. The largest absolute Gasteiger partial charge is 0.344 e. The van der Waals surface area contributed by atoms with Gasteiger partial charge in [-0.2, -0.15) is 5.26 Å². The van der Waals surface area contributed by atoms with Crippen LogP contribution in [0.3, 0.4) is 0 Å². The predicted molar refractivity (Wildman–Crippen MR) is 71.0 cm³/mol. The molecule has 0 aliphatic carbocycles. The maximum atomic E-state index is 11.8. The average molecular weight is 264 g/mol. The molecule has 0 saturated heterocycles. The number of carbonyl (C=O) groups is 1. The molecule has 0 radical (unpaired) electrons. The van der Waals surface area contributed by atoms with Gasteiger partial charge in [0.25, 0.3) is 0 Å². The highest BCUT2D eigenvalue weighted by atomic mass is 32.2. The molecule has 0 aliphatic heterocycles. The molecule has 1 aromatic carbocycles. The molecule has 0 spiro atoms. The van der Waals surface area contributed by atoms with Gasteiger partial charge in [-0.3, -0.25) is 9.00 Å². The first-order valence-corrected chi connectivity index (χ1v) is 7.12. The van der Waals surface area contributed by atoms with Crippen molar-refractivity contribution in [3.8, 4) is 6.07 Å². The van der Waals surface area contributed by atoms with Gasteiger partial charge >= 0.3 is 0 Å². The second kappa shape index (κ2) is 7.62. The quantitative estimate of drug-likeness (QED) is 0.778. The Balaban J connectivity index is 2.41. The summed E-state index contributed by atoms with van der Waals surface area (Å²) in [7, 11) is 0.423. The molecule has 1 rings (SSSR count). The molecule has 18 heavy (non-hydrogen) atoms. The molecule has 1 amide bonds. The molecule has 96 valence electrons. The van der Waals surface area contributed by atoms with Crippen molar-refractivity contribution in [3.05, 3.63) is 35.9 Å². The number of hydrogen-bond acceptors (Lipinski definition) is 3. The number of hydrogen-bond donors (Lipinski definition) is 0. The third kappa shape index (κ3) is 5.11. The fourth-order valence-corrected chi connectivity index (χ4v) is 2.56. The molecular formula is C13H16N2O2S. The molecule has 0 fully saturated rings. The zero-order valence-corrected chi connectivity index (χ0v) is 11.2. The molecule has 1 unspecified atom stereocenters. The fraction of sp³-hybridized carbons (Fsp3) is 0.385. The molecule has 0 N–H and O–H groups in total. The van der Waals surface area contributed by atoms with Crippen LogP contribution in [0.15, 0.2) is 30.3 Å². The lowest BCUT2D eigenvalue weighted by molar-refractivity contribution is -0.127. The van der Waals surface area contributed by atoms with Crippen LogP contribution in [0.25, 0.3) is 0 Å². The van der Waals surface area contributed by atoms with Crippen molar-refractivity contribution in [2.24, 2.45) is 0 Å². The molecule has 4 nitrogen and oxygen atoms in total. The Morgan fingerprint density at radius 2 is 2.06 bits per heavy atom. The van der Waals surface area contributed by atoms with Crippen molar-refractivity contribution in [2.75, 3.05) is 19.3 Å². The van der Waals surface area contributed by atoms with Crippen LogP contribution in [0, 0.1) is 11.3 Å². The first kappa shape index (κ1) is 14.4. The Labute approximate surface area is 110 Å². The van der Waals surface area contributed by atoms with Gasteiger partial charge in [0, 0.05) is 30.1 Å². The van der Waals surface area contributed by atoms with Gasteiger partial charge in [0.1, 0.15) is 5.75 Å². The van der Waals surface area contributed by atoms with Gasteiger partial charge in [-0.05, 0) is 5.56 Å². The van der Waals surface area contributed by atoms with E-state index in [1.165, 1.54) is 4.90 Å². The minimum Gasteiger partial charge on any atom is -0.344 e. The molecule has 1 aromatic rings. The molecule has 0 aromatic heterocycles. The number of amides is 1. The van der Waals surface area contributed by atoms with Gasteiger partial charge in [-0.15, -0.1) is 0 Å². The minimum absolute atomic E-state index is 0.0107. The lowest BCUT2D eigenvalue weighted by atomic mass is 10.2. The summed E-state index contributed by atoms with van der Waals surface area (Å²) in [6, 6.07) is 11.4. The highest BCUT2D eigenvalue weighted by molar-refractivity contribution is 7.84. The van der Waals surface area contributed by atoms with Crippen LogP contribution in [0.5, 0.6) is 0 Å². The van der Waals surface area contributed by atoms with E-state index in [-0.39, 0.29) is 11.7 Å². The van der Waals surface area contributed by atoms with Crippen LogP contribution >= 0.6 is 0 Å². The van der Waals surface area contributed by atoms with Crippen LogP contribution in [0.4, 0.5) is 0 Å². The molecule has 0 aliphatic rings. The van der Waals surface area contributed by atoms with Crippen LogP contribution in [-0.4, -0.2) is 34.4 Å². The van der Waals surface area contributed by atoms with Crippen molar-refractivity contribution in [3.63, 3.8) is 0 Å². The van der Waals surface area contributed by atoms with Crippen molar-refractivity contribution in [2.45, 2.75) is 12.2 Å². The summed E-state index contributed by atoms with van der Waals surface area (Å²) in [5.74, 6) is 0.217. The molecule has 0 bridgehead atoms. The topological polar surface area (TPSA) is 61.2 Å². The standard InChI is InChI=1S/C13H16N2O2S/c1-15(9-5-8-14)13(16)11-18(17)10-12-6-3-2-4-7-12/h2-4,6-7H,5,9-11H2,1H3. The minimum atomic E-state index is -1.20. The summed E-state index contributed by atoms with van der Waals surface area (Å²) in [6.45, 7) is 0.387. The maximum Gasteiger partial charge on any atom is 0.234 e. The van der Waals surface area contributed by atoms with Crippen molar-refractivity contribution in [1.29, 1.82) is 5.26 Å². The van der Waals surface area contributed by atoms with E-state index < -0.39 is 10.8 Å². The highest BCUT2D eigenvalue weighted by Crippen LogP contribution is 2.03. The van der Waals surface area contributed by atoms with Gasteiger partial charge in [-0.1, -0.05) is 30.3 Å². The van der Waals surface area contributed by atoms with E-state index in [1.807, 2.05) is 36.4 Å². The van der Waals surface area contributed by atoms with Crippen molar-refractivity contribution < 1.29 is 9.00 Å². The van der Waals surface area contributed by atoms with E-state index >= 15 is 0 Å². The molecule has 0 heterocycles. The maximum absolute atomic E-state index is 11.8. The van der Waals surface area contributed by atoms with Gasteiger partial charge in [-0.25, -0.2) is 0 Å². The highest BCUT2D eigenvalue weighted by Gasteiger charge is 2.12. The number of nitrogens with zero attached hydrogens (tertiary/aromatic N) is 2. The first-order chi connectivity index (χ1) is 8.63. The number of nitriles is 1. The van der Waals surface area contributed by atoms with Gasteiger partial charge in [0.15, 0.2) is 0 Å². The Morgan fingerprint density at radius 3 is 2.67 bits per heavy atom. The number of rotatable bonds is 6. The Morgan fingerprint density at radius 1 is 1.39 bits per heavy atom. The Hall–Kier alpha value is -1.67. The second-order valence-electron chi connectivity index (χ2n) is 3.94. The van der Waals surface area contributed by atoms with E-state index in [4.69, 9.17) is 5.26 Å². The summed E-state index contributed by atoms with van der Waals surface area (Å²) in [5.41, 5.74) is 0.961. The van der Waals surface area contributed by atoms with E-state index in [0.717, 1.165) is 5.56 Å². The molecule has 1 atom stereocenters. The molecule has 0 saturated carbocycles. The van der Waals surface area contributed by atoms with E-state index in [0.29, 0.717) is 18.7 Å². The first-order valence-electron chi connectivity index (χ1n) is 5.63. The van der Waals surface area contributed by atoms with Crippen LogP contribution in [-0.2, 0) is 21.3 Å². The number of benzene rings is 1. The van der Waals surface area contributed by atoms with E-state index in [2.05, 4.69) is 0 Å². The van der Waals surface area contributed by atoms with Crippen molar-refractivity contribution in [1.82, 2.24) is 4.90 Å². The normalized spacial score (nSPS) is 11.6. The monoisotopic (exact) mass is 264 g/mol. The Bertz CT molecular complexity index is 454. The fourth-order valence-electron chi connectivity index (χ4n) is 1.40. The van der Waals surface area contributed by atoms with Gasteiger partial charge in [0.2, 0.25) is 5.91 Å². The van der Waals surface area contributed by atoms with Crippen LogP contribution < -0.4 is 0 Å². The zero-order valence-electron chi connectivity index (χ0n) is 10.3. The molecule has 5 heteroatoms. The predicted octanol–water partition coefficient (Wildman–Crippen LogP) is 1.31. The lowest BCUT2D eigenvalue weighted by Gasteiger charge is -2.14. The van der Waals surface area contributed by atoms with Gasteiger partial charge in [0.05, 0.1) is 12.5 Å². The van der Waals surface area contributed by atoms with Crippen LogP contribution in [0.1, 0.15) is 12.0 Å². The lowest BCUT2D eigenvalue weighted by Crippen LogP contribution is -2.31. The van der Waals surface area contributed by atoms with E-state index in [9.17, 15) is 9.00 Å². The van der Waals surface area contributed by atoms with Crippen LogP contribution in [0.2, 0.25) is 0 Å². The smallest absolute Gasteiger partial charge is 0.234 e.